The molecule has 33 heavy (non-hydrogen) atoms. The van der Waals surface area contributed by atoms with Gasteiger partial charge >= 0.3 is 12.3 Å². The minimum atomic E-state index is -4.60. The molecule has 3 heterocycles. The predicted octanol–water partition coefficient (Wildman–Crippen LogP) is 5.91. The molecular weight excluding hydrogens is 453 g/mol. The quantitative estimate of drug-likeness (QED) is 0.501. The highest BCUT2D eigenvalue weighted by molar-refractivity contribution is 7.12. The van der Waals surface area contributed by atoms with Gasteiger partial charge in [0.15, 0.2) is 0 Å². The molecule has 1 N–H and O–H groups in total. The van der Waals surface area contributed by atoms with Crippen LogP contribution in [0.25, 0.3) is 11.1 Å². The number of hydrogen-bond donors (Lipinski definition) is 1. The Morgan fingerprint density at radius 1 is 1.24 bits per heavy atom. The van der Waals surface area contributed by atoms with Crippen LogP contribution < -0.4 is 0 Å². The van der Waals surface area contributed by atoms with Crippen LogP contribution in [0.2, 0.25) is 0 Å². The van der Waals surface area contributed by atoms with E-state index in [1.807, 2.05) is 0 Å². The van der Waals surface area contributed by atoms with Gasteiger partial charge in [-0.05, 0) is 43.5 Å². The number of alkyl halides is 3. The Morgan fingerprint density at radius 3 is 2.64 bits per heavy atom. The lowest BCUT2D eigenvalue weighted by atomic mass is 9.84. The number of aromatic nitrogens is 2. The van der Waals surface area contributed by atoms with Crippen LogP contribution in [0.3, 0.4) is 0 Å². The molecule has 0 saturated heterocycles. The lowest BCUT2D eigenvalue weighted by Crippen LogP contribution is -2.41. The second-order valence-corrected chi connectivity index (χ2v) is 9.89. The summed E-state index contributed by atoms with van der Waals surface area (Å²) in [5, 5.41) is 15.1. The SMILES string of the molecule is CC(C)(C)OC(=O)N1Cc2sc(C#N)cc2[C@H](c2ccccc2-c2cn[nH]c2C(F)(F)F)C1. The predicted molar refractivity (Wildman–Crippen MR) is 117 cm³/mol. The number of H-pyrrole nitrogens is 1. The first kappa shape index (κ1) is 22.9. The third-order valence-electron chi connectivity index (χ3n) is 5.27. The molecule has 0 unspecified atom stereocenters. The molecule has 6 nitrogen and oxygen atoms in total. The molecule has 0 bridgehead atoms. The van der Waals surface area contributed by atoms with Crippen LogP contribution >= 0.6 is 11.3 Å². The van der Waals surface area contributed by atoms with Gasteiger partial charge in [0.05, 0.1) is 12.7 Å². The minimum Gasteiger partial charge on any atom is -0.444 e. The number of carbonyl (C=O) groups excluding carboxylic acids is 1. The Kier molecular flexibility index (Phi) is 5.70. The standard InChI is InChI=1S/C23H21F3N4O2S/c1-22(2,3)32-21(31)30-11-18(16-8-13(9-27)33-19(16)12-30)15-7-5-4-6-14(15)17-10-28-29-20(17)23(24,25)26/h4-8,10,18H,11-12H2,1-3H3,(H,28,29)/t18-/m0/s1. The highest BCUT2D eigenvalue weighted by Gasteiger charge is 2.38. The molecule has 4 rings (SSSR count). The van der Waals surface area contributed by atoms with Gasteiger partial charge in [-0.25, -0.2) is 4.79 Å². The zero-order valence-electron chi connectivity index (χ0n) is 18.2. The van der Waals surface area contributed by atoms with Crippen molar-refractivity contribution in [3.8, 4) is 17.2 Å². The molecule has 1 aliphatic heterocycles. The second-order valence-electron chi connectivity index (χ2n) is 8.76. The number of nitrogens with one attached hydrogen (secondary N) is 1. The second kappa shape index (κ2) is 8.23. The van der Waals surface area contributed by atoms with Crippen molar-refractivity contribution >= 4 is 17.4 Å². The number of benzene rings is 1. The summed E-state index contributed by atoms with van der Waals surface area (Å²) >= 11 is 1.27. The Labute approximate surface area is 192 Å². The summed E-state index contributed by atoms with van der Waals surface area (Å²) in [5.41, 5.74) is 0.117. The van der Waals surface area contributed by atoms with Crippen LogP contribution in [0, 0.1) is 11.3 Å². The number of halogens is 3. The molecule has 1 aromatic carbocycles. The first-order valence-electron chi connectivity index (χ1n) is 10.2. The van der Waals surface area contributed by atoms with Gasteiger partial charge in [-0.1, -0.05) is 24.3 Å². The summed E-state index contributed by atoms with van der Waals surface area (Å²) < 4.78 is 46.3. The Hall–Kier alpha value is -3.32. The van der Waals surface area contributed by atoms with Crippen molar-refractivity contribution in [2.24, 2.45) is 0 Å². The van der Waals surface area contributed by atoms with Crippen LogP contribution in [-0.2, 0) is 17.5 Å². The normalized spacial score (nSPS) is 16.3. The first-order chi connectivity index (χ1) is 15.5. The van der Waals surface area contributed by atoms with E-state index in [9.17, 15) is 23.2 Å². The van der Waals surface area contributed by atoms with Crippen LogP contribution in [0.5, 0.6) is 0 Å². The Bertz CT molecular complexity index is 1230. The summed E-state index contributed by atoms with van der Waals surface area (Å²) in [5.74, 6) is -0.438. The molecule has 0 radical (unpaired) electrons. The molecular formula is C23H21F3N4O2S. The molecule has 3 aromatic rings. The van der Waals surface area contributed by atoms with Crippen LogP contribution in [0.15, 0.2) is 36.5 Å². The third kappa shape index (κ3) is 4.59. The molecule has 1 amide bonds. The number of hydrogen-bond acceptors (Lipinski definition) is 5. The number of ether oxygens (including phenoxy) is 1. The van der Waals surface area contributed by atoms with E-state index in [-0.39, 0.29) is 18.7 Å². The van der Waals surface area contributed by atoms with Gasteiger partial charge in [-0.3, -0.25) is 5.10 Å². The topological polar surface area (TPSA) is 82.0 Å². The number of amides is 1. The van der Waals surface area contributed by atoms with Crippen LogP contribution in [0.1, 0.15) is 53.3 Å². The fourth-order valence-electron chi connectivity index (χ4n) is 3.96. The maximum absolute atomic E-state index is 13.6. The minimum absolute atomic E-state index is 0.0650. The van der Waals surface area contributed by atoms with Crippen molar-refractivity contribution in [1.29, 1.82) is 5.26 Å². The zero-order chi connectivity index (χ0) is 24.0. The number of aromatic amines is 1. The molecule has 0 aliphatic carbocycles. The van der Waals surface area contributed by atoms with Crippen molar-refractivity contribution in [1.82, 2.24) is 15.1 Å². The van der Waals surface area contributed by atoms with E-state index in [0.717, 1.165) is 16.6 Å². The van der Waals surface area contributed by atoms with Crippen LogP contribution in [0.4, 0.5) is 18.0 Å². The van der Waals surface area contributed by atoms with E-state index in [1.54, 1.807) is 51.1 Å². The summed E-state index contributed by atoms with van der Waals surface area (Å²) in [6, 6.07) is 10.7. The molecule has 2 aromatic heterocycles. The van der Waals surface area contributed by atoms with Gasteiger partial charge in [-0.15, -0.1) is 11.3 Å². The number of fused-ring (bicyclic) bond motifs is 1. The highest BCUT2D eigenvalue weighted by Crippen LogP contribution is 2.44. The largest absolute Gasteiger partial charge is 0.444 e. The van der Waals surface area contributed by atoms with E-state index in [1.165, 1.54) is 16.2 Å². The van der Waals surface area contributed by atoms with Gasteiger partial charge in [0.25, 0.3) is 0 Å². The average Bonchev–Trinajstić information content (AvgIpc) is 3.38. The van der Waals surface area contributed by atoms with E-state index >= 15 is 0 Å². The Balaban J connectivity index is 1.82. The highest BCUT2D eigenvalue weighted by atomic mass is 32.1. The lowest BCUT2D eigenvalue weighted by molar-refractivity contribution is -0.140. The van der Waals surface area contributed by atoms with E-state index < -0.39 is 29.5 Å². The zero-order valence-corrected chi connectivity index (χ0v) is 19.0. The molecule has 10 heteroatoms. The summed E-state index contributed by atoms with van der Waals surface area (Å²) in [6.45, 7) is 5.78. The van der Waals surface area contributed by atoms with E-state index in [0.29, 0.717) is 16.0 Å². The average molecular weight is 475 g/mol. The molecule has 0 saturated carbocycles. The molecule has 172 valence electrons. The van der Waals surface area contributed by atoms with Gasteiger partial charge in [0.1, 0.15) is 22.2 Å². The smallest absolute Gasteiger partial charge is 0.433 e. The number of rotatable bonds is 2. The number of carbonyl (C=O) groups is 1. The molecule has 1 atom stereocenters. The van der Waals surface area contributed by atoms with Crippen molar-refractivity contribution in [3.63, 3.8) is 0 Å². The van der Waals surface area contributed by atoms with Gasteiger partial charge < -0.3 is 9.64 Å². The Morgan fingerprint density at radius 2 is 1.97 bits per heavy atom. The van der Waals surface area contributed by atoms with Gasteiger partial charge in [0, 0.05) is 22.9 Å². The molecule has 1 aliphatic rings. The maximum Gasteiger partial charge on any atom is 0.433 e. The van der Waals surface area contributed by atoms with Crippen molar-refractivity contribution in [3.05, 3.63) is 63.1 Å². The summed E-state index contributed by atoms with van der Waals surface area (Å²) in [7, 11) is 0. The van der Waals surface area contributed by atoms with Crippen molar-refractivity contribution < 1.29 is 22.7 Å². The first-order valence-corrected chi connectivity index (χ1v) is 11.0. The van der Waals surface area contributed by atoms with Gasteiger partial charge in [0.2, 0.25) is 0 Å². The molecule has 0 fully saturated rings. The third-order valence-corrected chi connectivity index (χ3v) is 6.31. The summed E-state index contributed by atoms with van der Waals surface area (Å²) in [6.07, 6.45) is -3.96. The van der Waals surface area contributed by atoms with Crippen LogP contribution in [-0.4, -0.2) is 33.3 Å². The number of thiophene rings is 1. The number of nitrogens with zero attached hydrogens (tertiary/aromatic N) is 3. The monoisotopic (exact) mass is 474 g/mol. The van der Waals surface area contributed by atoms with Gasteiger partial charge in [-0.2, -0.15) is 23.5 Å². The van der Waals surface area contributed by atoms with E-state index in [4.69, 9.17) is 4.74 Å². The number of nitriles is 1. The molecule has 0 spiro atoms. The lowest BCUT2D eigenvalue weighted by Gasteiger charge is -2.35. The summed E-state index contributed by atoms with van der Waals surface area (Å²) in [4.78, 5) is 15.7. The fraction of sp³-hybridized carbons (Fsp3) is 0.348. The van der Waals surface area contributed by atoms with Crippen molar-refractivity contribution in [2.75, 3.05) is 6.54 Å². The van der Waals surface area contributed by atoms with Crippen molar-refractivity contribution in [2.45, 2.75) is 45.0 Å². The fourth-order valence-corrected chi connectivity index (χ4v) is 4.99. The maximum atomic E-state index is 13.6. The van der Waals surface area contributed by atoms with E-state index in [2.05, 4.69) is 16.3 Å².